The number of carbonyl (C=O) groups excluding carboxylic acids is 1. The lowest BCUT2D eigenvalue weighted by Gasteiger charge is -2.32. The quantitative estimate of drug-likeness (QED) is 0.0856. The summed E-state index contributed by atoms with van der Waals surface area (Å²) in [5, 5.41) is 31.3. The van der Waals surface area contributed by atoms with Crippen molar-refractivity contribution in [1.82, 2.24) is 20.0 Å². The standard InChI is InChI=1S/C26H51BN4O8/c1-4-11-31(22(26(37)38)6-7-23(32)28-10-18-39-17-9-27)16-15-30(20-25(35)36)14-13-29(19-24(33)34)12-8-21(3)5-2/h21-22H,4-20,27H2,1-3H3,(H,28,32)(H,33,34)(H,35,36)(H,37,38). The molecule has 0 aromatic heterocycles. The zero-order valence-corrected chi connectivity index (χ0v) is 24.4. The van der Waals surface area contributed by atoms with Gasteiger partial charge >= 0.3 is 17.9 Å². The average molecular weight is 559 g/mol. The van der Waals surface area contributed by atoms with Crippen molar-refractivity contribution in [2.24, 2.45) is 5.92 Å². The van der Waals surface area contributed by atoms with Crippen LogP contribution in [0.5, 0.6) is 0 Å². The molecule has 13 heteroatoms. The summed E-state index contributed by atoms with van der Waals surface area (Å²) in [6, 6.07) is -0.877. The number of nitrogens with one attached hydrogen (secondary N) is 1. The minimum absolute atomic E-state index is 0.0597. The lowest BCUT2D eigenvalue weighted by Crippen LogP contribution is -2.48. The molecule has 0 saturated heterocycles. The topological polar surface area (TPSA) is 160 Å². The van der Waals surface area contributed by atoms with Crippen LogP contribution in [-0.2, 0) is 23.9 Å². The fourth-order valence-electron chi connectivity index (χ4n) is 4.12. The van der Waals surface area contributed by atoms with Crippen LogP contribution in [0.2, 0.25) is 6.32 Å². The molecule has 1 amide bonds. The third kappa shape index (κ3) is 19.5. The molecule has 0 aromatic carbocycles. The summed E-state index contributed by atoms with van der Waals surface area (Å²) in [7, 11) is 2.00. The van der Waals surface area contributed by atoms with Gasteiger partial charge in [0.05, 0.1) is 19.7 Å². The average Bonchev–Trinajstić information content (AvgIpc) is 2.87. The number of hydrogen-bond acceptors (Lipinski definition) is 8. The minimum Gasteiger partial charge on any atom is -0.480 e. The van der Waals surface area contributed by atoms with Crippen LogP contribution in [-0.4, -0.2) is 140 Å². The van der Waals surface area contributed by atoms with E-state index in [4.69, 9.17) is 4.74 Å². The molecule has 0 fully saturated rings. The first-order chi connectivity index (χ1) is 18.5. The van der Waals surface area contributed by atoms with Gasteiger partial charge in [-0.05, 0) is 38.3 Å². The first-order valence-electron chi connectivity index (χ1n) is 14.2. The Morgan fingerprint density at radius 2 is 1.44 bits per heavy atom. The van der Waals surface area contributed by atoms with E-state index in [9.17, 15) is 34.5 Å². The van der Waals surface area contributed by atoms with Crippen LogP contribution >= 0.6 is 0 Å². The van der Waals surface area contributed by atoms with Crippen molar-refractivity contribution in [3.05, 3.63) is 0 Å². The van der Waals surface area contributed by atoms with Gasteiger partial charge in [-0.15, -0.1) is 0 Å². The van der Waals surface area contributed by atoms with E-state index in [1.54, 1.807) is 9.80 Å². The number of hydrogen-bond donors (Lipinski definition) is 4. The fraction of sp³-hybridized carbons (Fsp3) is 0.846. The Balaban J connectivity index is 5.12. The third-order valence-corrected chi connectivity index (χ3v) is 6.59. The summed E-state index contributed by atoms with van der Waals surface area (Å²) in [6.07, 6.45) is 3.64. The highest BCUT2D eigenvalue weighted by atomic mass is 16.5. The molecule has 0 saturated carbocycles. The molecule has 4 N–H and O–H groups in total. The van der Waals surface area contributed by atoms with Crippen LogP contribution in [0.25, 0.3) is 0 Å². The third-order valence-electron chi connectivity index (χ3n) is 6.59. The van der Waals surface area contributed by atoms with E-state index >= 15 is 0 Å². The van der Waals surface area contributed by atoms with Crippen LogP contribution in [0.15, 0.2) is 0 Å². The molecule has 0 heterocycles. The molecule has 0 bridgehead atoms. The van der Waals surface area contributed by atoms with Crippen LogP contribution in [0.3, 0.4) is 0 Å². The van der Waals surface area contributed by atoms with Crippen LogP contribution in [0.4, 0.5) is 0 Å². The Labute approximate surface area is 234 Å². The van der Waals surface area contributed by atoms with Crippen molar-refractivity contribution in [2.45, 2.75) is 65.2 Å². The Hall–Kier alpha value is -2.22. The summed E-state index contributed by atoms with van der Waals surface area (Å²) in [6.45, 7) is 9.66. The lowest BCUT2D eigenvalue weighted by atomic mass is 10.1. The summed E-state index contributed by atoms with van der Waals surface area (Å²) in [5.74, 6) is -2.73. The predicted octanol–water partition coefficient (Wildman–Crippen LogP) is 0.325. The second-order valence-electron chi connectivity index (χ2n) is 10.0. The van der Waals surface area contributed by atoms with Gasteiger partial charge in [0.25, 0.3) is 0 Å². The van der Waals surface area contributed by atoms with Gasteiger partial charge in [0.2, 0.25) is 5.91 Å². The highest BCUT2D eigenvalue weighted by Gasteiger charge is 2.26. The monoisotopic (exact) mass is 558 g/mol. The van der Waals surface area contributed by atoms with Crippen molar-refractivity contribution >= 4 is 31.7 Å². The molecule has 0 aliphatic carbocycles. The van der Waals surface area contributed by atoms with Gasteiger partial charge in [0, 0.05) is 45.8 Å². The molecule has 0 aliphatic heterocycles. The largest absolute Gasteiger partial charge is 0.480 e. The first kappa shape index (κ1) is 36.8. The lowest BCUT2D eigenvalue weighted by molar-refractivity contribution is -0.144. The number of aliphatic carboxylic acids is 3. The maximum atomic E-state index is 12.2. The molecule has 0 spiro atoms. The smallest absolute Gasteiger partial charge is 0.320 e. The maximum absolute atomic E-state index is 12.2. The van der Waals surface area contributed by atoms with E-state index in [0.29, 0.717) is 71.4 Å². The number of ether oxygens (including phenoxy) is 1. The van der Waals surface area contributed by atoms with Crippen molar-refractivity contribution in [2.75, 3.05) is 72.1 Å². The molecule has 0 aliphatic rings. The van der Waals surface area contributed by atoms with Crippen LogP contribution in [0, 0.1) is 5.92 Å². The number of rotatable bonds is 26. The number of nitrogens with zero attached hydrogens (tertiary/aromatic N) is 3. The SMILES string of the molecule is BCCOCCNC(=O)CCC(C(=O)O)N(CCC)CCN(CCN(CCC(C)CC)CC(=O)O)CC(=O)O. The van der Waals surface area contributed by atoms with E-state index in [1.165, 1.54) is 0 Å². The normalized spacial score (nSPS) is 13.1. The number of carbonyl (C=O) groups is 4. The van der Waals surface area contributed by atoms with Gasteiger partial charge in [0.15, 0.2) is 0 Å². The van der Waals surface area contributed by atoms with Crippen molar-refractivity contribution in [3.8, 4) is 0 Å². The van der Waals surface area contributed by atoms with Gasteiger partial charge < -0.3 is 25.4 Å². The summed E-state index contributed by atoms with van der Waals surface area (Å²) < 4.78 is 5.34. The Morgan fingerprint density at radius 3 is 1.95 bits per heavy atom. The molecule has 0 radical (unpaired) electrons. The molecule has 2 unspecified atom stereocenters. The van der Waals surface area contributed by atoms with Gasteiger partial charge in [-0.3, -0.25) is 33.9 Å². The van der Waals surface area contributed by atoms with E-state index in [2.05, 4.69) is 19.2 Å². The van der Waals surface area contributed by atoms with Crippen molar-refractivity contribution < 1.29 is 39.2 Å². The predicted molar refractivity (Wildman–Crippen MR) is 152 cm³/mol. The second-order valence-corrected chi connectivity index (χ2v) is 10.0. The minimum atomic E-state index is -1.02. The summed E-state index contributed by atoms with van der Waals surface area (Å²) in [4.78, 5) is 52.5. The van der Waals surface area contributed by atoms with Gasteiger partial charge in [-0.1, -0.05) is 33.5 Å². The van der Waals surface area contributed by atoms with E-state index < -0.39 is 23.9 Å². The van der Waals surface area contributed by atoms with Crippen molar-refractivity contribution in [3.63, 3.8) is 0 Å². The van der Waals surface area contributed by atoms with Crippen LogP contribution in [0.1, 0.15) is 52.9 Å². The molecule has 39 heavy (non-hydrogen) atoms. The fourth-order valence-corrected chi connectivity index (χ4v) is 4.12. The van der Waals surface area contributed by atoms with Gasteiger partial charge in [0.1, 0.15) is 13.9 Å². The summed E-state index contributed by atoms with van der Waals surface area (Å²) in [5.41, 5.74) is 0. The van der Waals surface area contributed by atoms with Gasteiger partial charge in [-0.25, -0.2) is 0 Å². The molecule has 2 atom stereocenters. The molecule has 226 valence electrons. The van der Waals surface area contributed by atoms with E-state index in [0.717, 1.165) is 19.2 Å². The Kier molecular flexibility index (Phi) is 21.3. The van der Waals surface area contributed by atoms with Crippen LogP contribution < -0.4 is 5.32 Å². The van der Waals surface area contributed by atoms with Crippen molar-refractivity contribution in [1.29, 1.82) is 0 Å². The molecule has 0 aromatic rings. The number of carboxylic acids is 3. The number of amides is 1. The van der Waals surface area contributed by atoms with E-state index in [-0.39, 0.29) is 31.8 Å². The highest BCUT2D eigenvalue weighted by molar-refractivity contribution is 6.08. The van der Waals surface area contributed by atoms with E-state index in [1.807, 2.05) is 19.7 Å². The molecule has 0 rings (SSSR count). The molecular formula is C26H51BN4O8. The highest BCUT2D eigenvalue weighted by Crippen LogP contribution is 2.11. The zero-order valence-electron chi connectivity index (χ0n) is 24.4. The Bertz CT molecular complexity index is 715. The first-order valence-corrected chi connectivity index (χ1v) is 14.2. The van der Waals surface area contributed by atoms with Gasteiger partial charge in [-0.2, -0.15) is 0 Å². The Morgan fingerprint density at radius 1 is 0.846 bits per heavy atom. The molecule has 12 nitrogen and oxygen atoms in total. The maximum Gasteiger partial charge on any atom is 0.320 e. The number of carboxylic acid groups (broad SMARTS) is 3. The summed E-state index contributed by atoms with van der Waals surface area (Å²) >= 11 is 0. The zero-order chi connectivity index (χ0) is 29.6. The molecular weight excluding hydrogens is 507 g/mol. The second kappa shape index (κ2) is 22.6.